The molecule has 0 aliphatic rings. The van der Waals surface area contributed by atoms with E-state index in [4.69, 9.17) is 50.3 Å². The number of benzene rings is 3. The number of nitrogens with one attached hydrogen (secondary N) is 2. The van der Waals surface area contributed by atoms with Crippen molar-refractivity contribution >= 4 is 79.8 Å². The van der Waals surface area contributed by atoms with Crippen LogP contribution in [-0.4, -0.2) is 77.6 Å². The number of amides is 2. The highest BCUT2D eigenvalue weighted by molar-refractivity contribution is 6.93. The largest absolute Gasteiger partial charge is 0.478 e. The number of terminal acetylenes is 3. The molecule has 336 valence electrons. The van der Waals surface area contributed by atoms with Crippen molar-refractivity contribution in [1.82, 2.24) is 10.6 Å². The minimum atomic E-state index is -1.24. The Kier molecular flexibility index (Phi) is 36.9. The highest BCUT2D eigenvalue weighted by Crippen LogP contribution is 2.23. The summed E-state index contributed by atoms with van der Waals surface area (Å²) in [6.07, 6.45) is 14.6. The number of carbonyl (C=O) groups excluding carboxylic acids is 4. The van der Waals surface area contributed by atoms with Crippen LogP contribution in [0.25, 0.3) is 0 Å². The Labute approximate surface area is 370 Å². The number of ether oxygens (including phenoxy) is 1. The summed E-state index contributed by atoms with van der Waals surface area (Å²) in [6.45, 7) is -0.893. The van der Waals surface area contributed by atoms with Crippen LogP contribution in [-0.2, 0) is 24.6 Å². The van der Waals surface area contributed by atoms with Crippen LogP contribution in [0.1, 0.15) is 70.0 Å². The average Bonchev–Trinajstić information content (AvgIpc) is 3.20. The van der Waals surface area contributed by atoms with Crippen molar-refractivity contribution in [1.29, 1.82) is 0 Å². The van der Waals surface area contributed by atoms with Crippen LogP contribution in [0.5, 0.6) is 0 Å². The van der Waals surface area contributed by atoms with E-state index >= 15 is 0 Å². The Morgan fingerprint density at radius 3 is 1.23 bits per heavy atom. The first-order valence-electron chi connectivity index (χ1n) is 15.3. The van der Waals surface area contributed by atoms with Crippen molar-refractivity contribution in [2.45, 2.75) is 42.1 Å². The number of carbonyl (C=O) groups is 5. The van der Waals surface area contributed by atoms with Gasteiger partial charge in [-0.15, -0.1) is 19.3 Å². The lowest BCUT2D eigenvalue weighted by molar-refractivity contribution is -0.386. The minimum Gasteiger partial charge on any atom is -0.478 e. The maximum absolute atomic E-state index is 11.6. The third-order valence-corrected chi connectivity index (χ3v) is 6.23. The number of hydrogen-bond acceptors (Lipinski definition) is 15. The summed E-state index contributed by atoms with van der Waals surface area (Å²) in [5.41, 5.74) is 3.10. The van der Waals surface area contributed by atoms with Gasteiger partial charge in [-0.2, -0.15) is 0 Å². The number of nitrogens with zero attached hydrogens (tertiary/aromatic N) is 3. The van der Waals surface area contributed by atoms with E-state index in [0.717, 1.165) is 18.2 Å². The van der Waals surface area contributed by atoms with Crippen molar-refractivity contribution in [2.75, 3.05) is 19.6 Å². The smallest absolute Gasteiger partial charge is 0.404 e. The van der Waals surface area contributed by atoms with Crippen molar-refractivity contribution in [3.63, 3.8) is 0 Å². The zero-order chi connectivity index (χ0) is 45.7. The molecule has 21 nitrogen and oxygen atoms in total. The number of halogens is 3. The van der Waals surface area contributed by atoms with Crippen molar-refractivity contribution < 1.29 is 58.8 Å². The molecule has 0 aliphatic carbocycles. The molecule has 62 heavy (non-hydrogen) atoms. The van der Waals surface area contributed by atoms with Gasteiger partial charge in [0.15, 0.2) is 0 Å². The molecule has 24 heteroatoms. The lowest BCUT2D eigenvalue weighted by Gasteiger charge is -2.05. The van der Waals surface area contributed by atoms with Gasteiger partial charge in [-0.05, 0) is 59.6 Å². The number of aromatic carboxylic acids is 1. The molecule has 0 radical (unpaired) electrons. The molecular formula is C38H43Cl3N6O15. The summed E-state index contributed by atoms with van der Waals surface area (Å²) in [4.78, 5) is 83.1. The van der Waals surface area contributed by atoms with Crippen LogP contribution in [0.15, 0.2) is 54.6 Å². The minimum absolute atomic E-state index is 0. The van der Waals surface area contributed by atoms with Gasteiger partial charge < -0.3 is 36.4 Å². The van der Waals surface area contributed by atoms with Crippen molar-refractivity contribution in [3.8, 4) is 37.0 Å². The predicted octanol–water partition coefficient (Wildman–Crippen LogP) is 6.14. The molecule has 2 amide bonds. The quantitative estimate of drug-likeness (QED) is 0.0514. The van der Waals surface area contributed by atoms with E-state index in [1.807, 2.05) is 0 Å². The number of nitro benzene ring substituents is 3. The molecule has 0 saturated carbocycles. The lowest BCUT2D eigenvalue weighted by atomic mass is 10.1. The monoisotopic (exact) mass is 928 g/mol. The molecule has 0 aliphatic heterocycles. The van der Waals surface area contributed by atoms with Crippen LogP contribution < -0.4 is 16.4 Å². The van der Waals surface area contributed by atoms with E-state index in [0.29, 0.717) is 6.54 Å². The maximum Gasteiger partial charge on any atom is 0.404 e. The van der Waals surface area contributed by atoms with Gasteiger partial charge in [-0.3, -0.25) is 44.7 Å². The Balaban J connectivity index is -0.000000237. The van der Waals surface area contributed by atoms with Crippen LogP contribution in [0, 0.1) is 67.4 Å². The molecule has 0 atom stereocenters. The van der Waals surface area contributed by atoms with E-state index in [1.165, 1.54) is 36.4 Å². The topological polar surface area (TPSA) is 335 Å². The first-order valence-corrected chi connectivity index (χ1v) is 16.4. The Morgan fingerprint density at radius 2 is 0.952 bits per heavy atom. The fraction of sp³-hybridized carbons (Fsp3) is 0.237. The second-order valence-corrected chi connectivity index (χ2v) is 11.0. The zero-order valence-corrected chi connectivity index (χ0v) is 32.2. The van der Waals surface area contributed by atoms with Crippen molar-refractivity contribution in [3.05, 3.63) is 118 Å². The molecule has 0 fully saturated rings. The van der Waals surface area contributed by atoms with Crippen LogP contribution in [0.2, 0.25) is 0 Å². The van der Waals surface area contributed by atoms with Crippen molar-refractivity contribution in [2.24, 2.45) is 5.73 Å². The van der Waals surface area contributed by atoms with Gasteiger partial charge in [0, 0.05) is 40.9 Å². The maximum atomic E-state index is 11.6. The second kappa shape index (κ2) is 35.8. The Bertz CT molecular complexity index is 2130. The van der Waals surface area contributed by atoms with Gasteiger partial charge in [0.1, 0.15) is 6.61 Å². The Hall–Kier alpha value is -7.16. The van der Waals surface area contributed by atoms with E-state index in [2.05, 4.69) is 62.8 Å². The first kappa shape index (κ1) is 64.0. The molecule has 0 unspecified atom stereocenters. The number of aliphatic hydroxyl groups excluding tert-OH is 2. The summed E-state index contributed by atoms with van der Waals surface area (Å²) in [5, 5.41) is 63.1. The molecule has 0 saturated heterocycles. The van der Waals surface area contributed by atoms with Gasteiger partial charge >= 0.3 is 16.1 Å². The highest BCUT2D eigenvalue weighted by atomic mass is 35.5. The first-order chi connectivity index (χ1) is 27.8. The summed E-state index contributed by atoms with van der Waals surface area (Å²) in [6, 6.07) is 10.9. The fourth-order valence-corrected chi connectivity index (χ4v) is 3.66. The molecule has 3 aromatic rings. The standard InChI is InChI=1S/C12H9ClN2O5.C11H10N2O4.C8H7NO5.C3H5N.CCl2O.3CH4/c1-2-5-14-11(16)8-3-4-9(7-20-12(13)17)10(6-8)15(18)19;1-2-5-12-11(15)8-3-4-9(7-14)10(6-8)13(16)17;10-4-6-2-1-5(8(11)12)3-7(6)9(13)14;1-2-3-4;2-1(3)4;;;/h1,3-4,6H,5,7H2,(H,14,16);1,3-4,6,14H,5,7H2,(H,12,15);1-3,10H,4H2,(H,11,12);1H,3-4H2;;3*1H4. The van der Waals surface area contributed by atoms with Crippen LogP contribution >= 0.6 is 34.8 Å². The van der Waals surface area contributed by atoms with Crippen LogP contribution in [0.4, 0.5) is 26.7 Å². The molecule has 7 N–H and O–H groups in total. The zero-order valence-electron chi connectivity index (χ0n) is 30.0. The van der Waals surface area contributed by atoms with E-state index < -0.39 is 55.9 Å². The van der Waals surface area contributed by atoms with Crippen LogP contribution in [0.3, 0.4) is 0 Å². The number of nitro groups is 3. The van der Waals surface area contributed by atoms with Gasteiger partial charge in [0.25, 0.3) is 28.9 Å². The summed E-state index contributed by atoms with van der Waals surface area (Å²) in [5.74, 6) is 4.38. The third kappa shape index (κ3) is 26.0. The number of carboxylic acid groups (broad SMARTS) is 1. The van der Waals surface area contributed by atoms with Gasteiger partial charge in [-0.1, -0.05) is 40.0 Å². The fourth-order valence-electron chi connectivity index (χ4n) is 3.61. The molecule has 3 aromatic carbocycles. The number of aliphatic hydroxyl groups is 2. The Morgan fingerprint density at radius 1 is 0.645 bits per heavy atom. The lowest BCUT2D eigenvalue weighted by Crippen LogP contribution is -2.23. The molecule has 3 rings (SSSR count). The molecular weight excluding hydrogens is 887 g/mol. The van der Waals surface area contributed by atoms with E-state index in [9.17, 15) is 49.5 Å². The molecule has 0 heterocycles. The number of rotatable bonds is 12. The van der Waals surface area contributed by atoms with Gasteiger partial charge in [0.2, 0.25) is 0 Å². The number of hydrogen-bond donors (Lipinski definition) is 6. The molecule has 0 bridgehead atoms. The summed E-state index contributed by atoms with van der Waals surface area (Å²) < 4.78 is 3.59. The van der Waals surface area contributed by atoms with E-state index in [-0.39, 0.29) is 92.4 Å². The summed E-state index contributed by atoms with van der Waals surface area (Å²) in [7, 11) is 0. The second-order valence-electron chi connectivity index (χ2n) is 9.86. The number of carboxylic acids is 1. The third-order valence-electron chi connectivity index (χ3n) is 6.12. The number of nitrogens with two attached hydrogens (primary N) is 1. The van der Waals surface area contributed by atoms with E-state index in [1.54, 1.807) is 0 Å². The summed E-state index contributed by atoms with van der Waals surface area (Å²) >= 11 is 13.8. The SMILES string of the molecule is C.C.C.C#CCN.C#CCNC(=O)c1ccc(CO)c([N+](=O)[O-])c1.C#CCNC(=O)c1ccc(COC(=O)Cl)c([N+](=O)[O-])c1.O=C(Cl)Cl.O=C(O)c1ccc(CO)c([N+](=O)[O-])c1. The molecule has 0 spiro atoms. The average molecular weight is 930 g/mol. The van der Waals surface area contributed by atoms with Gasteiger partial charge in [-0.25, -0.2) is 9.59 Å². The normalized spacial score (nSPS) is 8.56. The van der Waals surface area contributed by atoms with Gasteiger partial charge in [0.05, 0.1) is 69.9 Å². The molecule has 0 aromatic heterocycles. The highest BCUT2D eigenvalue weighted by Gasteiger charge is 2.19. The predicted molar refractivity (Wildman–Crippen MR) is 232 cm³/mol.